The SMILES string of the molecule is CCN=CC(=CN)C1=C(C)C(C)C(C)C(/C=C2\C(=O)NC3=CC(CC)C(c4cc(CC)ccc4C)C=C32)=C1C. The Balaban J connectivity index is 1.86. The molecule has 4 atom stereocenters. The predicted molar refractivity (Wildman–Crippen MR) is 165 cm³/mol. The van der Waals surface area contributed by atoms with Crippen molar-refractivity contribution in [3.63, 3.8) is 0 Å². The molecule has 0 bridgehead atoms. The molecule has 1 amide bonds. The molecule has 1 saturated heterocycles. The van der Waals surface area contributed by atoms with Gasteiger partial charge in [-0.2, -0.15) is 0 Å². The first-order valence-electron chi connectivity index (χ1n) is 14.6. The molecule has 4 heteroatoms. The number of nitrogens with one attached hydrogen (secondary N) is 1. The van der Waals surface area contributed by atoms with E-state index in [9.17, 15) is 4.79 Å². The third-order valence-corrected chi connectivity index (χ3v) is 9.15. The van der Waals surface area contributed by atoms with Gasteiger partial charge in [-0.05, 0) is 97.8 Å². The summed E-state index contributed by atoms with van der Waals surface area (Å²) in [7, 11) is 0. The minimum Gasteiger partial charge on any atom is -0.404 e. The van der Waals surface area contributed by atoms with Crippen LogP contribution in [0, 0.1) is 24.7 Å². The number of aryl methyl sites for hydroxylation is 2. The highest BCUT2D eigenvalue weighted by Gasteiger charge is 2.36. The summed E-state index contributed by atoms with van der Waals surface area (Å²) in [6.45, 7) is 18.3. The first-order chi connectivity index (χ1) is 18.7. The maximum absolute atomic E-state index is 13.4. The van der Waals surface area contributed by atoms with Crippen LogP contribution in [0.4, 0.5) is 0 Å². The smallest absolute Gasteiger partial charge is 0.256 e. The van der Waals surface area contributed by atoms with Crippen LogP contribution in [0.5, 0.6) is 0 Å². The van der Waals surface area contributed by atoms with Gasteiger partial charge >= 0.3 is 0 Å². The van der Waals surface area contributed by atoms with Gasteiger partial charge < -0.3 is 11.1 Å². The number of amides is 1. The lowest BCUT2D eigenvalue weighted by atomic mass is 9.71. The summed E-state index contributed by atoms with van der Waals surface area (Å²) in [6.07, 6.45) is 12.4. The van der Waals surface area contributed by atoms with Crippen molar-refractivity contribution in [1.82, 2.24) is 5.32 Å². The minimum atomic E-state index is -0.0165. The second-order valence-electron chi connectivity index (χ2n) is 11.3. The van der Waals surface area contributed by atoms with Crippen LogP contribution in [0.1, 0.15) is 77.5 Å². The van der Waals surface area contributed by atoms with Crippen LogP contribution in [-0.2, 0) is 11.2 Å². The fourth-order valence-electron chi connectivity index (χ4n) is 6.43. The van der Waals surface area contributed by atoms with Gasteiger partial charge in [0.1, 0.15) is 0 Å². The summed E-state index contributed by atoms with van der Waals surface area (Å²) in [5.41, 5.74) is 18.6. The van der Waals surface area contributed by atoms with E-state index in [4.69, 9.17) is 5.73 Å². The van der Waals surface area contributed by atoms with Gasteiger partial charge in [0.15, 0.2) is 0 Å². The Morgan fingerprint density at radius 1 is 1.08 bits per heavy atom. The molecule has 206 valence electrons. The van der Waals surface area contributed by atoms with E-state index in [1.165, 1.54) is 33.4 Å². The summed E-state index contributed by atoms with van der Waals surface area (Å²) < 4.78 is 0. The van der Waals surface area contributed by atoms with E-state index in [-0.39, 0.29) is 17.7 Å². The van der Waals surface area contributed by atoms with Crippen molar-refractivity contribution in [2.45, 2.75) is 74.1 Å². The second-order valence-corrected chi connectivity index (χ2v) is 11.3. The average molecular weight is 524 g/mol. The van der Waals surface area contributed by atoms with Crippen molar-refractivity contribution >= 4 is 12.1 Å². The van der Waals surface area contributed by atoms with E-state index < -0.39 is 0 Å². The van der Waals surface area contributed by atoms with Crippen molar-refractivity contribution in [2.24, 2.45) is 28.5 Å². The summed E-state index contributed by atoms with van der Waals surface area (Å²) in [6, 6.07) is 6.83. The molecule has 1 aromatic rings. The van der Waals surface area contributed by atoms with Crippen molar-refractivity contribution < 1.29 is 4.79 Å². The monoisotopic (exact) mass is 523 g/mol. The second kappa shape index (κ2) is 11.8. The Kier molecular flexibility index (Phi) is 8.64. The molecule has 3 N–H and O–H groups in total. The summed E-state index contributed by atoms with van der Waals surface area (Å²) >= 11 is 0. The molecule has 0 spiro atoms. The maximum atomic E-state index is 13.4. The molecule has 4 rings (SSSR count). The highest BCUT2D eigenvalue weighted by Crippen LogP contribution is 2.45. The maximum Gasteiger partial charge on any atom is 0.256 e. The van der Waals surface area contributed by atoms with E-state index in [0.717, 1.165) is 40.8 Å². The summed E-state index contributed by atoms with van der Waals surface area (Å²) in [5, 5.41) is 3.19. The van der Waals surface area contributed by atoms with Gasteiger partial charge in [0.25, 0.3) is 5.91 Å². The van der Waals surface area contributed by atoms with Crippen molar-refractivity contribution in [1.29, 1.82) is 0 Å². The lowest BCUT2D eigenvalue weighted by Crippen LogP contribution is -2.21. The molecular weight excluding hydrogens is 478 g/mol. The van der Waals surface area contributed by atoms with Crippen LogP contribution < -0.4 is 11.1 Å². The minimum absolute atomic E-state index is 0.0165. The first-order valence-corrected chi connectivity index (χ1v) is 14.6. The average Bonchev–Trinajstić information content (AvgIpc) is 3.24. The number of carbonyl (C=O) groups excluding carboxylic acids is 1. The van der Waals surface area contributed by atoms with Gasteiger partial charge in [0.2, 0.25) is 0 Å². The van der Waals surface area contributed by atoms with E-state index >= 15 is 0 Å². The van der Waals surface area contributed by atoms with Crippen LogP contribution in [0.3, 0.4) is 0 Å². The molecule has 4 nitrogen and oxygen atoms in total. The Morgan fingerprint density at radius 2 is 1.82 bits per heavy atom. The Bertz CT molecular complexity index is 1380. The fraction of sp³-hybridized carbons (Fsp3) is 0.429. The molecule has 1 aliphatic heterocycles. The van der Waals surface area contributed by atoms with Gasteiger partial charge in [-0.15, -0.1) is 0 Å². The molecule has 1 heterocycles. The first kappa shape index (κ1) is 28.6. The van der Waals surface area contributed by atoms with Crippen molar-refractivity contribution in [3.8, 4) is 0 Å². The number of hydrogen-bond acceptors (Lipinski definition) is 3. The molecule has 1 fully saturated rings. The molecule has 0 radical (unpaired) electrons. The molecule has 3 aliphatic rings. The molecule has 0 aromatic heterocycles. The van der Waals surface area contributed by atoms with Crippen LogP contribution in [0.2, 0.25) is 0 Å². The molecule has 1 aromatic carbocycles. The number of allylic oxidation sites excluding steroid dienone is 9. The van der Waals surface area contributed by atoms with E-state index in [1.807, 2.05) is 13.1 Å². The summed E-state index contributed by atoms with van der Waals surface area (Å²) in [5.74, 6) is 1.16. The molecular formula is C35H45N3O. The van der Waals surface area contributed by atoms with Gasteiger partial charge in [-0.3, -0.25) is 9.79 Å². The molecule has 39 heavy (non-hydrogen) atoms. The normalized spacial score (nSPS) is 26.8. The number of benzene rings is 1. The zero-order valence-electron chi connectivity index (χ0n) is 25.0. The quantitative estimate of drug-likeness (QED) is 0.289. The standard InChI is InChI=1S/C35H45N3O/c1-9-25-13-12-20(4)28(14-25)30-17-31-32(35(39)38-33(31)15-26(30)10-2)16-29-22(6)21(5)23(7)34(24(29)8)27(18-36)19-37-11-3/h12-19,21-22,26,30H,9-11,36H2,1-8H3,(H,38,39)/b27-18?,32-16-,37-19?. The zero-order valence-corrected chi connectivity index (χ0v) is 25.0. The number of nitrogens with two attached hydrogens (primary N) is 1. The van der Waals surface area contributed by atoms with Crippen LogP contribution in [0.15, 0.2) is 92.3 Å². The van der Waals surface area contributed by atoms with E-state index in [2.05, 4.69) is 95.2 Å². The summed E-state index contributed by atoms with van der Waals surface area (Å²) in [4.78, 5) is 17.9. The van der Waals surface area contributed by atoms with E-state index in [1.54, 1.807) is 6.20 Å². The molecule has 4 unspecified atom stereocenters. The number of rotatable bonds is 7. The van der Waals surface area contributed by atoms with Gasteiger partial charge in [-0.25, -0.2) is 0 Å². The van der Waals surface area contributed by atoms with Crippen LogP contribution >= 0.6 is 0 Å². The van der Waals surface area contributed by atoms with E-state index in [0.29, 0.717) is 18.4 Å². The van der Waals surface area contributed by atoms with Gasteiger partial charge in [0.05, 0.1) is 0 Å². The predicted octanol–water partition coefficient (Wildman–Crippen LogP) is 7.40. The lowest BCUT2D eigenvalue weighted by molar-refractivity contribution is -0.115. The van der Waals surface area contributed by atoms with Crippen molar-refractivity contribution in [2.75, 3.05) is 6.54 Å². The number of aliphatic imine (C=N–C) groups is 1. The van der Waals surface area contributed by atoms with Gasteiger partial charge in [0, 0.05) is 47.3 Å². The largest absolute Gasteiger partial charge is 0.404 e. The fourth-order valence-corrected chi connectivity index (χ4v) is 6.43. The van der Waals surface area contributed by atoms with Gasteiger partial charge in [-0.1, -0.05) is 63.6 Å². The number of carbonyl (C=O) groups is 1. The highest BCUT2D eigenvalue weighted by atomic mass is 16.2. The zero-order chi connectivity index (χ0) is 28.4. The van der Waals surface area contributed by atoms with Crippen LogP contribution in [0.25, 0.3) is 0 Å². The molecule has 2 aliphatic carbocycles. The number of nitrogens with zero attached hydrogens (tertiary/aromatic N) is 1. The third-order valence-electron chi connectivity index (χ3n) is 9.15. The Hall–Kier alpha value is -3.40. The number of fused-ring (bicyclic) bond motifs is 1. The lowest BCUT2D eigenvalue weighted by Gasteiger charge is -2.33. The third kappa shape index (κ3) is 5.26. The number of hydrogen-bond donors (Lipinski definition) is 2. The Morgan fingerprint density at radius 3 is 2.46 bits per heavy atom. The Labute approximate surface area is 235 Å². The van der Waals surface area contributed by atoms with Crippen LogP contribution in [-0.4, -0.2) is 18.7 Å². The topological polar surface area (TPSA) is 67.5 Å². The highest BCUT2D eigenvalue weighted by molar-refractivity contribution is 6.06. The molecule has 0 saturated carbocycles. The van der Waals surface area contributed by atoms with Crippen molar-refractivity contribution in [3.05, 3.63) is 104 Å².